The molecule has 0 spiro atoms. The molecule has 0 aromatic heterocycles. The Morgan fingerprint density at radius 3 is 2.64 bits per heavy atom. The Morgan fingerprint density at radius 2 is 2.07 bits per heavy atom. The van der Waals surface area contributed by atoms with Gasteiger partial charge >= 0.3 is 0 Å². The van der Waals surface area contributed by atoms with Crippen molar-refractivity contribution in [3.05, 3.63) is 0 Å². The highest BCUT2D eigenvalue weighted by Gasteiger charge is 2.26. The molecule has 1 saturated heterocycles. The molecule has 1 aliphatic rings. The summed E-state index contributed by atoms with van der Waals surface area (Å²) in [4.78, 5) is 13.6. The summed E-state index contributed by atoms with van der Waals surface area (Å²) in [6.45, 7) is 9.61. The first kappa shape index (κ1) is 11.7. The molecular formula is C12H23NO. The number of ketones is 1. The van der Waals surface area contributed by atoms with Gasteiger partial charge in [-0.05, 0) is 39.5 Å². The Kier molecular flexibility index (Phi) is 4.11. The second kappa shape index (κ2) is 4.92. The summed E-state index contributed by atoms with van der Waals surface area (Å²) in [5.74, 6) is 1.10. The van der Waals surface area contributed by atoms with Crippen LogP contribution >= 0.6 is 0 Å². The van der Waals surface area contributed by atoms with E-state index in [9.17, 15) is 4.79 Å². The van der Waals surface area contributed by atoms with Crippen LogP contribution in [-0.4, -0.2) is 29.3 Å². The van der Waals surface area contributed by atoms with Crippen LogP contribution in [0.3, 0.4) is 0 Å². The zero-order chi connectivity index (χ0) is 10.7. The van der Waals surface area contributed by atoms with E-state index >= 15 is 0 Å². The van der Waals surface area contributed by atoms with Crippen molar-refractivity contribution in [3.8, 4) is 0 Å². The van der Waals surface area contributed by atoms with Crippen molar-refractivity contribution in [1.82, 2.24) is 4.90 Å². The SMILES string of the molecule is CC(=O)CC(C)N1CC(C)CCC1C. The van der Waals surface area contributed by atoms with Crippen LogP contribution in [0.2, 0.25) is 0 Å². The maximum absolute atomic E-state index is 11.1. The zero-order valence-corrected chi connectivity index (χ0v) is 9.92. The smallest absolute Gasteiger partial charge is 0.131 e. The van der Waals surface area contributed by atoms with Crippen LogP contribution in [0.25, 0.3) is 0 Å². The number of hydrogen-bond donors (Lipinski definition) is 0. The van der Waals surface area contributed by atoms with Gasteiger partial charge in [-0.3, -0.25) is 9.69 Å². The van der Waals surface area contributed by atoms with Crippen molar-refractivity contribution in [2.24, 2.45) is 5.92 Å². The van der Waals surface area contributed by atoms with Gasteiger partial charge in [-0.1, -0.05) is 6.92 Å². The molecule has 0 aliphatic carbocycles. The summed E-state index contributed by atoms with van der Waals surface area (Å²) in [5, 5.41) is 0. The Bertz CT molecular complexity index is 202. The van der Waals surface area contributed by atoms with Gasteiger partial charge in [0.15, 0.2) is 0 Å². The molecule has 0 radical (unpaired) electrons. The molecule has 1 rings (SSSR count). The third-order valence-electron chi connectivity index (χ3n) is 3.31. The van der Waals surface area contributed by atoms with Crippen LogP contribution in [0.5, 0.6) is 0 Å². The molecular weight excluding hydrogens is 174 g/mol. The maximum atomic E-state index is 11.1. The van der Waals surface area contributed by atoms with Gasteiger partial charge in [-0.25, -0.2) is 0 Å². The number of carbonyl (C=O) groups excluding carboxylic acids is 1. The van der Waals surface area contributed by atoms with E-state index in [1.54, 1.807) is 6.92 Å². The molecule has 0 bridgehead atoms. The molecule has 0 N–H and O–H groups in total. The first-order valence-corrected chi connectivity index (χ1v) is 5.76. The lowest BCUT2D eigenvalue weighted by Crippen LogP contribution is -2.46. The highest BCUT2D eigenvalue weighted by Crippen LogP contribution is 2.24. The monoisotopic (exact) mass is 197 g/mol. The minimum Gasteiger partial charge on any atom is -0.300 e. The largest absolute Gasteiger partial charge is 0.300 e. The number of piperidine rings is 1. The number of Topliss-reactive ketones (excluding diaryl/α,β-unsaturated/α-hetero) is 1. The molecule has 1 aliphatic heterocycles. The normalized spacial score (nSPS) is 31.4. The molecule has 0 aromatic carbocycles. The third-order valence-corrected chi connectivity index (χ3v) is 3.31. The van der Waals surface area contributed by atoms with E-state index in [0.29, 0.717) is 24.3 Å². The number of nitrogens with zero attached hydrogens (tertiary/aromatic N) is 1. The van der Waals surface area contributed by atoms with E-state index in [2.05, 4.69) is 25.7 Å². The molecule has 3 atom stereocenters. The van der Waals surface area contributed by atoms with Crippen molar-refractivity contribution in [3.63, 3.8) is 0 Å². The van der Waals surface area contributed by atoms with Crippen LogP contribution in [0, 0.1) is 5.92 Å². The van der Waals surface area contributed by atoms with Gasteiger partial charge in [0.2, 0.25) is 0 Å². The average molecular weight is 197 g/mol. The summed E-state index contributed by atoms with van der Waals surface area (Å²) in [5.41, 5.74) is 0. The van der Waals surface area contributed by atoms with Crippen molar-refractivity contribution in [2.45, 2.75) is 59.0 Å². The Hall–Kier alpha value is -0.370. The maximum Gasteiger partial charge on any atom is 0.131 e. The molecule has 0 aromatic rings. The van der Waals surface area contributed by atoms with E-state index < -0.39 is 0 Å². The standard InChI is InChI=1S/C12H23NO/c1-9-5-6-10(2)13(8-9)11(3)7-12(4)14/h9-11H,5-8H2,1-4H3. The summed E-state index contributed by atoms with van der Waals surface area (Å²) in [7, 11) is 0. The van der Waals surface area contributed by atoms with E-state index in [-0.39, 0.29) is 0 Å². The van der Waals surface area contributed by atoms with E-state index in [1.165, 1.54) is 12.8 Å². The Labute approximate surface area is 87.7 Å². The van der Waals surface area contributed by atoms with E-state index in [0.717, 1.165) is 12.5 Å². The lowest BCUT2D eigenvalue weighted by molar-refractivity contribution is -0.118. The molecule has 1 fully saturated rings. The van der Waals surface area contributed by atoms with Crippen molar-refractivity contribution in [2.75, 3.05) is 6.54 Å². The second-order valence-corrected chi connectivity index (χ2v) is 4.98. The first-order chi connectivity index (χ1) is 6.50. The highest BCUT2D eigenvalue weighted by atomic mass is 16.1. The number of rotatable bonds is 3. The highest BCUT2D eigenvalue weighted by molar-refractivity contribution is 5.76. The summed E-state index contributed by atoms with van der Waals surface area (Å²) < 4.78 is 0. The fourth-order valence-electron chi connectivity index (χ4n) is 2.47. The van der Waals surface area contributed by atoms with Crippen LogP contribution in [-0.2, 0) is 4.79 Å². The lowest BCUT2D eigenvalue weighted by Gasteiger charge is -2.40. The fraction of sp³-hybridized carbons (Fsp3) is 0.917. The minimum atomic E-state index is 0.308. The van der Waals surface area contributed by atoms with Gasteiger partial charge in [-0.2, -0.15) is 0 Å². The molecule has 1 heterocycles. The van der Waals surface area contributed by atoms with Crippen LogP contribution in [0.1, 0.15) is 47.0 Å². The lowest BCUT2D eigenvalue weighted by atomic mass is 9.93. The quantitative estimate of drug-likeness (QED) is 0.692. The molecule has 2 heteroatoms. The van der Waals surface area contributed by atoms with Crippen molar-refractivity contribution in [1.29, 1.82) is 0 Å². The van der Waals surface area contributed by atoms with Crippen LogP contribution in [0.4, 0.5) is 0 Å². The number of likely N-dealkylation sites (tertiary alicyclic amines) is 1. The Morgan fingerprint density at radius 1 is 1.43 bits per heavy atom. The van der Waals surface area contributed by atoms with Crippen LogP contribution < -0.4 is 0 Å². The van der Waals surface area contributed by atoms with E-state index in [1.807, 2.05) is 0 Å². The fourth-order valence-corrected chi connectivity index (χ4v) is 2.47. The van der Waals surface area contributed by atoms with E-state index in [4.69, 9.17) is 0 Å². The van der Waals surface area contributed by atoms with Gasteiger partial charge in [0, 0.05) is 25.0 Å². The zero-order valence-electron chi connectivity index (χ0n) is 9.92. The average Bonchev–Trinajstić information content (AvgIpc) is 2.08. The number of hydrogen-bond acceptors (Lipinski definition) is 2. The molecule has 82 valence electrons. The minimum absolute atomic E-state index is 0.308. The van der Waals surface area contributed by atoms with Gasteiger partial charge in [-0.15, -0.1) is 0 Å². The third kappa shape index (κ3) is 3.09. The summed E-state index contributed by atoms with van der Waals surface area (Å²) >= 11 is 0. The topological polar surface area (TPSA) is 20.3 Å². The molecule has 14 heavy (non-hydrogen) atoms. The van der Waals surface area contributed by atoms with Gasteiger partial charge in [0.05, 0.1) is 0 Å². The first-order valence-electron chi connectivity index (χ1n) is 5.76. The summed E-state index contributed by atoms with van der Waals surface area (Å²) in [6, 6.07) is 1.07. The van der Waals surface area contributed by atoms with Crippen LogP contribution in [0.15, 0.2) is 0 Å². The van der Waals surface area contributed by atoms with Crippen molar-refractivity contribution < 1.29 is 4.79 Å². The van der Waals surface area contributed by atoms with Gasteiger partial charge in [0.25, 0.3) is 0 Å². The second-order valence-electron chi connectivity index (χ2n) is 4.98. The molecule has 3 unspecified atom stereocenters. The van der Waals surface area contributed by atoms with Gasteiger partial charge < -0.3 is 0 Å². The van der Waals surface area contributed by atoms with Gasteiger partial charge in [0.1, 0.15) is 5.78 Å². The predicted molar refractivity (Wildman–Crippen MR) is 59.3 cm³/mol. The van der Waals surface area contributed by atoms with Crippen molar-refractivity contribution >= 4 is 5.78 Å². The molecule has 2 nitrogen and oxygen atoms in total. The predicted octanol–water partition coefficient (Wildman–Crippen LogP) is 2.47. The number of carbonyl (C=O) groups is 1. The summed E-state index contributed by atoms with van der Waals surface area (Å²) in [6.07, 6.45) is 3.32. The molecule has 0 saturated carbocycles. The molecule has 0 amide bonds. The Balaban J connectivity index is 2.51.